The van der Waals surface area contributed by atoms with E-state index >= 15 is 0 Å². The Labute approximate surface area is 221 Å². The fourth-order valence-electron chi connectivity index (χ4n) is 8.07. The summed E-state index contributed by atoms with van der Waals surface area (Å²) in [4.78, 5) is 5.24. The molecule has 0 saturated heterocycles. The van der Waals surface area contributed by atoms with Crippen LogP contribution in [0.4, 0.5) is 0 Å². The molecule has 2 aromatic heterocycles. The maximum absolute atomic E-state index is 6.22. The van der Waals surface area contributed by atoms with E-state index in [0.29, 0.717) is 5.92 Å². The number of hydrogen-bond acceptors (Lipinski definition) is 2. The number of furan rings is 1. The highest BCUT2D eigenvalue weighted by Crippen LogP contribution is 2.38. The lowest BCUT2D eigenvalue weighted by Crippen LogP contribution is -2.88. The molecular formula is C30H45NOSi4. The van der Waals surface area contributed by atoms with Crippen LogP contribution >= 0.6 is 0 Å². The first-order valence-electron chi connectivity index (χ1n) is 13.5. The lowest BCUT2D eigenvalue weighted by atomic mass is 10.0. The van der Waals surface area contributed by atoms with Gasteiger partial charge in [0.1, 0.15) is 11.2 Å². The maximum Gasteiger partial charge on any atom is 0.136 e. The van der Waals surface area contributed by atoms with E-state index in [1.807, 2.05) is 6.07 Å². The summed E-state index contributed by atoms with van der Waals surface area (Å²) >= 11 is 0. The quantitative estimate of drug-likeness (QED) is 0.216. The molecule has 0 unspecified atom stereocenters. The molecule has 0 aliphatic carbocycles. The molecule has 2 nitrogen and oxygen atoms in total. The predicted molar refractivity (Wildman–Crippen MR) is 171 cm³/mol. The average molecular weight is 548 g/mol. The number of benzene rings is 2. The third-order valence-corrected chi connectivity index (χ3v) is 79.3. The van der Waals surface area contributed by atoms with E-state index in [4.69, 9.17) is 9.40 Å². The van der Waals surface area contributed by atoms with Gasteiger partial charge >= 0.3 is 0 Å². The normalized spacial score (nSPS) is 13.8. The molecule has 4 aromatic rings. The minimum atomic E-state index is -1.74. The topological polar surface area (TPSA) is 26.0 Å². The van der Waals surface area contributed by atoms with Crippen LogP contribution in [-0.4, -0.2) is 34.4 Å². The predicted octanol–water partition coefficient (Wildman–Crippen LogP) is 8.75. The molecule has 2 heterocycles. The zero-order valence-corrected chi connectivity index (χ0v) is 28.3. The molecule has 0 aliphatic heterocycles. The van der Waals surface area contributed by atoms with Crippen LogP contribution in [0.25, 0.3) is 33.2 Å². The number of aromatic nitrogens is 1. The van der Waals surface area contributed by atoms with Crippen LogP contribution in [0.15, 0.2) is 59.1 Å². The molecule has 0 N–H and O–H groups in total. The van der Waals surface area contributed by atoms with Gasteiger partial charge < -0.3 is 4.42 Å². The molecule has 2 aromatic carbocycles. The molecule has 0 bridgehead atoms. The van der Waals surface area contributed by atoms with Crippen molar-refractivity contribution in [3.05, 3.63) is 60.3 Å². The van der Waals surface area contributed by atoms with Crippen LogP contribution in [0.3, 0.4) is 0 Å². The van der Waals surface area contributed by atoms with Crippen molar-refractivity contribution < 1.29 is 4.42 Å². The Morgan fingerprint density at radius 1 is 0.722 bits per heavy atom. The van der Waals surface area contributed by atoms with E-state index in [0.717, 1.165) is 28.8 Å². The van der Waals surface area contributed by atoms with Gasteiger partial charge in [0.05, 0.1) is 12.3 Å². The Kier molecular flexibility index (Phi) is 6.99. The minimum absolute atomic E-state index is 0.619. The van der Waals surface area contributed by atoms with Gasteiger partial charge in [-0.3, -0.25) is 4.98 Å². The molecule has 0 aliphatic rings. The van der Waals surface area contributed by atoms with Crippen molar-refractivity contribution in [2.75, 3.05) is 0 Å². The van der Waals surface area contributed by atoms with Crippen molar-refractivity contribution in [1.29, 1.82) is 0 Å². The second-order valence-corrected chi connectivity index (χ2v) is 54.4. The Bertz CT molecular complexity index is 1360. The van der Waals surface area contributed by atoms with E-state index in [9.17, 15) is 0 Å². The molecule has 0 fully saturated rings. The number of fused-ring (bicyclic) bond motifs is 3. The van der Waals surface area contributed by atoms with Crippen LogP contribution in [0, 0.1) is 5.92 Å². The molecule has 192 valence electrons. The Hall–Kier alpha value is -1.74. The number of pyridine rings is 1. The van der Waals surface area contributed by atoms with Crippen molar-refractivity contribution in [2.45, 2.75) is 79.2 Å². The molecule has 0 amide bonds. The number of nitrogens with zero attached hydrogens (tertiary/aromatic N) is 1. The SMILES string of the molecule is CC(C)Cc1cc(-c2ccc3c(c2)oc2ccccc23)ncc1[Si]([Si](C)(C)C)([Si](C)(C)C)[Si](C)(C)C. The summed E-state index contributed by atoms with van der Waals surface area (Å²) in [6.07, 6.45) is 3.50. The first kappa shape index (κ1) is 27.3. The molecule has 0 radical (unpaired) electrons. The van der Waals surface area contributed by atoms with Crippen molar-refractivity contribution in [1.82, 2.24) is 4.98 Å². The average Bonchev–Trinajstić information content (AvgIpc) is 3.09. The summed E-state index contributed by atoms with van der Waals surface area (Å²) in [6, 6.07) is 17.4. The molecule has 0 spiro atoms. The molecule has 0 saturated carbocycles. The monoisotopic (exact) mass is 547 g/mol. The maximum atomic E-state index is 6.22. The summed E-state index contributed by atoms with van der Waals surface area (Å²) in [6.45, 7) is 27.1. The van der Waals surface area contributed by atoms with Crippen LogP contribution in [-0.2, 0) is 6.42 Å². The standard InChI is InChI=1S/C30H45NOSi4/c1-22(2)18-24-19-27(23-16-17-26-25-14-12-13-15-28(25)32-29(26)20-23)31-21-30(24)36(33(3,4)5,34(6,7)8)35(9,10)11/h12-17,19-22H,18H2,1-11H3. The van der Waals surface area contributed by atoms with E-state index in [-0.39, 0.29) is 0 Å². The molecular weight excluding hydrogens is 503 g/mol. The third-order valence-electron chi connectivity index (χ3n) is 8.07. The van der Waals surface area contributed by atoms with E-state index in [2.05, 4.69) is 121 Å². The van der Waals surface area contributed by atoms with Gasteiger partial charge in [-0.2, -0.15) is 0 Å². The summed E-state index contributed by atoms with van der Waals surface area (Å²) in [5.74, 6) is 0.619. The zero-order chi connectivity index (χ0) is 26.7. The van der Waals surface area contributed by atoms with Gasteiger partial charge in [0.25, 0.3) is 0 Å². The Morgan fingerprint density at radius 3 is 1.89 bits per heavy atom. The van der Waals surface area contributed by atoms with E-state index in [1.54, 1.807) is 10.8 Å². The largest absolute Gasteiger partial charge is 0.456 e. The van der Waals surface area contributed by atoms with Crippen LogP contribution in [0.1, 0.15) is 19.4 Å². The molecule has 6 heteroatoms. The fraction of sp³-hybridized carbons (Fsp3) is 0.433. The van der Waals surface area contributed by atoms with Gasteiger partial charge in [-0.1, -0.05) is 97.0 Å². The van der Waals surface area contributed by atoms with Crippen molar-refractivity contribution in [3.8, 4) is 11.3 Å². The lowest BCUT2D eigenvalue weighted by molar-refractivity contribution is 0.649. The second-order valence-electron chi connectivity index (χ2n) is 14.1. The van der Waals surface area contributed by atoms with Gasteiger partial charge in [-0.25, -0.2) is 0 Å². The molecule has 4 rings (SSSR count). The second kappa shape index (κ2) is 9.22. The van der Waals surface area contributed by atoms with Gasteiger partial charge in [0.2, 0.25) is 0 Å². The summed E-state index contributed by atoms with van der Waals surface area (Å²) in [7, 11) is -4.43. The Morgan fingerprint density at radius 2 is 1.31 bits per heavy atom. The zero-order valence-electron chi connectivity index (χ0n) is 24.3. The van der Waals surface area contributed by atoms with Gasteiger partial charge in [-0.15, -0.1) is 0 Å². The van der Waals surface area contributed by atoms with Crippen molar-refractivity contribution in [2.24, 2.45) is 5.92 Å². The van der Waals surface area contributed by atoms with Crippen molar-refractivity contribution in [3.63, 3.8) is 0 Å². The van der Waals surface area contributed by atoms with Gasteiger partial charge in [0, 0.05) is 45.3 Å². The highest BCUT2D eigenvalue weighted by Gasteiger charge is 2.63. The minimum Gasteiger partial charge on any atom is -0.456 e. The van der Waals surface area contributed by atoms with Crippen molar-refractivity contribution >= 4 is 56.5 Å². The summed E-state index contributed by atoms with van der Waals surface area (Å²) < 4.78 is 6.22. The highest BCUT2D eigenvalue weighted by molar-refractivity contribution is 7.92. The highest BCUT2D eigenvalue weighted by atomic mass is 29.9. The smallest absolute Gasteiger partial charge is 0.136 e. The number of para-hydroxylation sites is 1. The van der Waals surface area contributed by atoms with E-state index < -0.39 is 29.4 Å². The lowest BCUT2D eigenvalue weighted by Gasteiger charge is -2.58. The van der Waals surface area contributed by atoms with Crippen LogP contribution in [0.2, 0.25) is 58.9 Å². The molecule has 36 heavy (non-hydrogen) atoms. The van der Waals surface area contributed by atoms with Gasteiger partial charge in [0.15, 0.2) is 0 Å². The molecule has 0 atom stereocenters. The van der Waals surface area contributed by atoms with Crippen LogP contribution in [0.5, 0.6) is 0 Å². The van der Waals surface area contributed by atoms with Crippen LogP contribution < -0.4 is 5.19 Å². The van der Waals surface area contributed by atoms with Gasteiger partial charge in [-0.05, 0) is 47.4 Å². The first-order chi connectivity index (χ1) is 16.6. The fourth-order valence-corrected chi connectivity index (χ4v) is 108. The third kappa shape index (κ3) is 4.44. The first-order valence-corrected chi connectivity index (χ1v) is 29.0. The Balaban J connectivity index is 1.96. The van der Waals surface area contributed by atoms with E-state index in [1.165, 1.54) is 10.8 Å². The summed E-state index contributed by atoms with van der Waals surface area (Å²) in [5.41, 5.74) is 5.71. The summed E-state index contributed by atoms with van der Waals surface area (Å²) in [5, 5.41) is 4.08. The number of rotatable bonds is 7. The number of hydrogen-bond donors (Lipinski definition) is 0.